The molecule has 2 N–H and O–H groups in total. The molecule has 0 unspecified atom stereocenters. The van der Waals surface area contributed by atoms with Gasteiger partial charge in [0.05, 0.1) is 5.69 Å². The first kappa shape index (κ1) is 19.3. The van der Waals surface area contributed by atoms with Gasteiger partial charge in [-0.15, -0.1) is 16.4 Å². The molecule has 1 amide bonds. The standard InChI is InChI=1S/C22H20N6O2S/c1-12(2)15-6-9-19-17(10-15)24-21(30-19)25-20-26-22-28(27-20)18(11-31-22)14-4-7-16(8-5-14)23-13(3)29/h4-12H,1-3H3,(H,23,29)(H,24,25,27). The predicted octanol–water partition coefficient (Wildman–Crippen LogP) is 5.42. The van der Waals surface area contributed by atoms with Crippen molar-refractivity contribution in [2.75, 3.05) is 10.6 Å². The number of rotatable bonds is 5. The quantitative estimate of drug-likeness (QED) is 0.385. The van der Waals surface area contributed by atoms with Crippen LogP contribution in [0.15, 0.2) is 52.3 Å². The van der Waals surface area contributed by atoms with Crippen LogP contribution < -0.4 is 10.6 Å². The molecule has 5 aromatic rings. The number of nitrogens with zero attached hydrogens (tertiary/aromatic N) is 4. The van der Waals surface area contributed by atoms with Crippen molar-refractivity contribution >= 4 is 51.0 Å². The second-order valence-electron chi connectivity index (χ2n) is 7.54. The topological polar surface area (TPSA) is 97.3 Å². The fourth-order valence-electron chi connectivity index (χ4n) is 3.31. The van der Waals surface area contributed by atoms with E-state index in [9.17, 15) is 4.79 Å². The Balaban J connectivity index is 1.41. The first-order valence-corrected chi connectivity index (χ1v) is 10.7. The summed E-state index contributed by atoms with van der Waals surface area (Å²) in [7, 11) is 0. The van der Waals surface area contributed by atoms with Crippen molar-refractivity contribution < 1.29 is 9.21 Å². The van der Waals surface area contributed by atoms with E-state index >= 15 is 0 Å². The highest BCUT2D eigenvalue weighted by Crippen LogP contribution is 2.29. The van der Waals surface area contributed by atoms with Gasteiger partial charge in [0.25, 0.3) is 5.95 Å². The Hall–Kier alpha value is -3.72. The highest BCUT2D eigenvalue weighted by molar-refractivity contribution is 7.15. The average molecular weight is 433 g/mol. The second-order valence-corrected chi connectivity index (χ2v) is 8.37. The minimum Gasteiger partial charge on any atom is -0.423 e. The Labute approximate surface area is 181 Å². The van der Waals surface area contributed by atoms with Gasteiger partial charge in [0, 0.05) is 23.6 Å². The fourth-order valence-corrected chi connectivity index (χ4v) is 4.14. The third kappa shape index (κ3) is 3.75. The van der Waals surface area contributed by atoms with Crippen LogP contribution in [0.1, 0.15) is 32.3 Å². The molecule has 3 heterocycles. The van der Waals surface area contributed by atoms with Gasteiger partial charge in [-0.25, -0.2) is 4.52 Å². The molecule has 156 valence electrons. The third-order valence-electron chi connectivity index (χ3n) is 4.88. The summed E-state index contributed by atoms with van der Waals surface area (Å²) in [5.41, 5.74) is 5.36. The molecule has 0 aliphatic rings. The Morgan fingerprint density at radius 1 is 1.13 bits per heavy atom. The van der Waals surface area contributed by atoms with Crippen molar-refractivity contribution in [1.82, 2.24) is 19.6 Å². The normalized spacial score (nSPS) is 11.5. The van der Waals surface area contributed by atoms with Crippen molar-refractivity contribution in [3.8, 4) is 11.3 Å². The molecule has 0 saturated carbocycles. The van der Waals surface area contributed by atoms with Crippen LogP contribution in [-0.2, 0) is 4.79 Å². The Bertz CT molecular complexity index is 1400. The number of carbonyl (C=O) groups is 1. The van der Waals surface area contributed by atoms with Crippen molar-refractivity contribution in [3.63, 3.8) is 0 Å². The number of nitrogens with one attached hydrogen (secondary N) is 2. The molecule has 2 aromatic carbocycles. The molecule has 31 heavy (non-hydrogen) atoms. The van der Waals surface area contributed by atoms with Crippen LogP contribution in [0.5, 0.6) is 0 Å². The number of oxazole rings is 1. The number of carbonyl (C=O) groups excluding carboxylic acids is 1. The second kappa shape index (κ2) is 7.51. The number of anilines is 3. The van der Waals surface area contributed by atoms with E-state index in [4.69, 9.17) is 4.42 Å². The maximum absolute atomic E-state index is 11.2. The lowest BCUT2D eigenvalue weighted by molar-refractivity contribution is -0.114. The SMILES string of the molecule is CC(=O)Nc1ccc(-c2csc3nc(Nc4nc5cc(C(C)C)ccc5o4)nn23)cc1. The molecule has 9 heteroatoms. The lowest BCUT2D eigenvalue weighted by Gasteiger charge is -2.03. The molecular weight excluding hydrogens is 412 g/mol. The molecule has 5 rings (SSSR count). The molecule has 0 radical (unpaired) electrons. The van der Waals surface area contributed by atoms with Crippen LogP contribution >= 0.6 is 11.3 Å². The zero-order valence-electron chi connectivity index (χ0n) is 17.2. The van der Waals surface area contributed by atoms with Gasteiger partial charge in [0.15, 0.2) is 5.58 Å². The largest absolute Gasteiger partial charge is 0.423 e. The Morgan fingerprint density at radius 3 is 2.68 bits per heavy atom. The van der Waals surface area contributed by atoms with Gasteiger partial charge in [0.2, 0.25) is 10.9 Å². The van der Waals surface area contributed by atoms with E-state index in [0.29, 0.717) is 23.5 Å². The van der Waals surface area contributed by atoms with E-state index in [2.05, 4.69) is 45.6 Å². The maximum atomic E-state index is 11.2. The van der Waals surface area contributed by atoms with Gasteiger partial charge in [-0.1, -0.05) is 32.0 Å². The van der Waals surface area contributed by atoms with Crippen LogP contribution in [0.4, 0.5) is 17.7 Å². The summed E-state index contributed by atoms with van der Waals surface area (Å²) in [6.45, 7) is 5.78. The summed E-state index contributed by atoms with van der Waals surface area (Å²) < 4.78 is 7.57. The minimum atomic E-state index is -0.0997. The fraction of sp³-hybridized carbons (Fsp3) is 0.182. The molecular formula is C22H20N6O2S. The van der Waals surface area contributed by atoms with E-state index in [1.54, 1.807) is 4.52 Å². The monoisotopic (exact) mass is 432 g/mol. The first-order chi connectivity index (χ1) is 15.0. The first-order valence-electron chi connectivity index (χ1n) is 9.86. The number of fused-ring (bicyclic) bond motifs is 2. The van der Waals surface area contributed by atoms with Crippen LogP contribution in [-0.4, -0.2) is 25.5 Å². The van der Waals surface area contributed by atoms with Gasteiger partial charge < -0.3 is 9.73 Å². The molecule has 0 saturated heterocycles. The van der Waals surface area contributed by atoms with E-state index in [1.807, 2.05) is 41.8 Å². The molecule has 0 atom stereocenters. The zero-order valence-corrected chi connectivity index (χ0v) is 18.0. The van der Waals surface area contributed by atoms with Crippen LogP contribution in [0.2, 0.25) is 0 Å². The van der Waals surface area contributed by atoms with Crippen LogP contribution in [0, 0.1) is 0 Å². The summed E-state index contributed by atoms with van der Waals surface area (Å²) in [5.74, 6) is 0.737. The number of amides is 1. The van der Waals surface area contributed by atoms with Gasteiger partial charge in [-0.3, -0.25) is 10.1 Å². The summed E-state index contributed by atoms with van der Waals surface area (Å²) in [5, 5.41) is 12.4. The number of hydrogen-bond acceptors (Lipinski definition) is 7. The van der Waals surface area contributed by atoms with Gasteiger partial charge >= 0.3 is 6.01 Å². The summed E-state index contributed by atoms with van der Waals surface area (Å²) >= 11 is 1.49. The third-order valence-corrected chi connectivity index (χ3v) is 5.70. The molecule has 0 aliphatic carbocycles. The number of benzene rings is 2. The van der Waals surface area contributed by atoms with Crippen LogP contribution in [0.3, 0.4) is 0 Å². The average Bonchev–Trinajstić information content (AvgIpc) is 3.41. The van der Waals surface area contributed by atoms with Gasteiger partial charge in [-0.05, 0) is 35.7 Å². The van der Waals surface area contributed by atoms with E-state index in [-0.39, 0.29) is 5.91 Å². The molecule has 0 spiro atoms. The molecule has 8 nitrogen and oxygen atoms in total. The molecule has 0 fully saturated rings. The van der Waals surface area contributed by atoms with Gasteiger partial charge in [0.1, 0.15) is 5.52 Å². The molecule has 0 aliphatic heterocycles. The highest BCUT2D eigenvalue weighted by atomic mass is 32.1. The Kier molecular flexibility index (Phi) is 4.67. The molecule has 3 aromatic heterocycles. The number of thiazole rings is 1. The predicted molar refractivity (Wildman–Crippen MR) is 122 cm³/mol. The van der Waals surface area contributed by atoms with Crippen molar-refractivity contribution in [3.05, 3.63) is 53.4 Å². The smallest absolute Gasteiger partial charge is 0.302 e. The minimum absolute atomic E-state index is 0.0997. The van der Waals surface area contributed by atoms with Crippen molar-refractivity contribution in [1.29, 1.82) is 0 Å². The Morgan fingerprint density at radius 2 is 1.94 bits per heavy atom. The van der Waals surface area contributed by atoms with Crippen molar-refractivity contribution in [2.24, 2.45) is 0 Å². The lowest BCUT2D eigenvalue weighted by atomic mass is 10.0. The number of aromatic nitrogens is 4. The summed E-state index contributed by atoms with van der Waals surface area (Å²) in [6, 6.07) is 14.0. The zero-order chi connectivity index (χ0) is 21.5. The summed E-state index contributed by atoms with van der Waals surface area (Å²) in [6.07, 6.45) is 0. The van der Waals surface area contributed by atoms with E-state index < -0.39 is 0 Å². The summed E-state index contributed by atoms with van der Waals surface area (Å²) in [4.78, 5) is 21.0. The van der Waals surface area contributed by atoms with Gasteiger partial charge in [-0.2, -0.15) is 9.97 Å². The van der Waals surface area contributed by atoms with Crippen LogP contribution in [0.25, 0.3) is 27.3 Å². The number of hydrogen-bond donors (Lipinski definition) is 2. The molecule has 0 bridgehead atoms. The van der Waals surface area contributed by atoms with Crippen molar-refractivity contribution in [2.45, 2.75) is 26.7 Å². The van der Waals surface area contributed by atoms with E-state index in [1.165, 1.54) is 23.8 Å². The maximum Gasteiger partial charge on any atom is 0.302 e. The van der Waals surface area contributed by atoms with E-state index in [0.717, 1.165) is 27.4 Å². The lowest BCUT2D eigenvalue weighted by Crippen LogP contribution is -2.05. The highest BCUT2D eigenvalue weighted by Gasteiger charge is 2.14.